The summed E-state index contributed by atoms with van der Waals surface area (Å²) in [6.45, 7) is 0.337. The predicted octanol–water partition coefficient (Wildman–Crippen LogP) is 3.82. The molecule has 1 aliphatic rings. The predicted molar refractivity (Wildman–Crippen MR) is 81.2 cm³/mol. The van der Waals surface area contributed by atoms with Crippen molar-refractivity contribution in [3.63, 3.8) is 0 Å². The van der Waals surface area contributed by atoms with Crippen molar-refractivity contribution in [3.8, 4) is 0 Å². The highest BCUT2D eigenvalue weighted by Gasteiger charge is 2.27. The number of nitrogens with zero attached hydrogens (tertiary/aromatic N) is 1. The molecule has 0 N–H and O–H groups in total. The Morgan fingerprint density at radius 1 is 1.19 bits per heavy atom. The summed E-state index contributed by atoms with van der Waals surface area (Å²) < 4.78 is 13.5. The van der Waals surface area contributed by atoms with Gasteiger partial charge in [-0.25, -0.2) is 4.39 Å². The lowest BCUT2D eigenvalue weighted by Crippen LogP contribution is -2.37. The fourth-order valence-electron chi connectivity index (χ4n) is 2.41. The molecule has 0 fully saturated rings. The largest absolute Gasteiger partial charge is 0.307 e. The van der Waals surface area contributed by atoms with Crippen LogP contribution in [0.3, 0.4) is 0 Å². The van der Waals surface area contributed by atoms with E-state index in [4.69, 9.17) is 0 Å². The highest BCUT2D eigenvalue weighted by molar-refractivity contribution is 9.10. The topological polar surface area (TPSA) is 37.4 Å². The van der Waals surface area contributed by atoms with Gasteiger partial charge in [0.1, 0.15) is 5.82 Å². The van der Waals surface area contributed by atoms with Crippen molar-refractivity contribution in [3.05, 3.63) is 63.9 Å². The van der Waals surface area contributed by atoms with Crippen molar-refractivity contribution in [2.45, 2.75) is 6.42 Å². The number of carbonyl (C=O) groups excluding carboxylic acids is 2. The van der Waals surface area contributed by atoms with Crippen LogP contribution in [0.4, 0.5) is 10.1 Å². The normalized spacial score (nSPS) is 14.0. The highest BCUT2D eigenvalue weighted by Crippen LogP contribution is 2.28. The molecule has 2 aromatic carbocycles. The van der Waals surface area contributed by atoms with Gasteiger partial charge in [0.2, 0.25) is 0 Å². The third-order valence-electron chi connectivity index (χ3n) is 3.47. The fraction of sp³-hybridized carbons (Fsp3) is 0.125. The maximum absolute atomic E-state index is 13.3. The lowest BCUT2D eigenvalue weighted by atomic mass is 9.99. The van der Waals surface area contributed by atoms with E-state index in [1.807, 2.05) is 0 Å². The third-order valence-corrected chi connectivity index (χ3v) is 4.08. The lowest BCUT2D eigenvalue weighted by Gasteiger charge is -2.28. The molecule has 0 unspecified atom stereocenters. The Morgan fingerprint density at radius 2 is 1.95 bits per heavy atom. The minimum atomic E-state index is -0.416. The molecule has 21 heavy (non-hydrogen) atoms. The zero-order valence-electron chi connectivity index (χ0n) is 11.0. The van der Waals surface area contributed by atoms with Crippen LogP contribution in [0.5, 0.6) is 0 Å². The van der Waals surface area contributed by atoms with Gasteiger partial charge in [0.25, 0.3) is 5.91 Å². The number of amides is 1. The van der Waals surface area contributed by atoms with Crippen molar-refractivity contribution < 1.29 is 14.0 Å². The number of Topliss-reactive ketones (excluding diaryl/α,β-unsaturated/α-hetero) is 1. The number of ketones is 1. The number of hydrogen-bond acceptors (Lipinski definition) is 2. The SMILES string of the molecule is O=C1CCN(C(=O)c2ccc(F)c(Br)c2)c2ccccc21. The number of halogens is 2. The Bertz CT molecular complexity index is 745. The van der Waals surface area contributed by atoms with Crippen LogP contribution in [0.1, 0.15) is 27.1 Å². The minimum absolute atomic E-state index is 0.0370. The summed E-state index contributed by atoms with van der Waals surface area (Å²) in [5.74, 6) is -0.619. The maximum atomic E-state index is 13.3. The molecule has 0 atom stereocenters. The number of fused-ring (bicyclic) bond motifs is 1. The Kier molecular flexibility index (Phi) is 3.59. The summed E-state index contributed by atoms with van der Waals surface area (Å²) >= 11 is 3.08. The van der Waals surface area contributed by atoms with Gasteiger partial charge in [-0.3, -0.25) is 9.59 Å². The number of carbonyl (C=O) groups is 2. The Morgan fingerprint density at radius 3 is 2.71 bits per heavy atom. The quantitative estimate of drug-likeness (QED) is 0.786. The molecule has 3 rings (SSSR count). The van der Waals surface area contributed by atoms with Crippen molar-refractivity contribution in [2.75, 3.05) is 11.4 Å². The summed E-state index contributed by atoms with van der Waals surface area (Å²) in [6.07, 6.45) is 0.297. The van der Waals surface area contributed by atoms with Crippen LogP contribution in [0.15, 0.2) is 46.9 Å². The molecular formula is C16H11BrFNO2. The smallest absolute Gasteiger partial charge is 0.258 e. The fourth-order valence-corrected chi connectivity index (χ4v) is 2.79. The van der Waals surface area contributed by atoms with E-state index in [9.17, 15) is 14.0 Å². The number of hydrogen-bond donors (Lipinski definition) is 0. The second kappa shape index (κ2) is 5.41. The highest BCUT2D eigenvalue weighted by atomic mass is 79.9. The third kappa shape index (κ3) is 2.49. The molecule has 5 heteroatoms. The molecule has 0 bridgehead atoms. The molecule has 1 heterocycles. The van der Waals surface area contributed by atoms with Crippen LogP contribution in [0.2, 0.25) is 0 Å². The summed E-state index contributed by atoms with van der Waals surface area (Å²) in [6, 6.07) is 11.2. The van der Waals surface area contributed by atoms with Gasteiger partial charge in [0, 0.05) is 24.1 Å². The van der Waals surface area contributed by atoms with Crippen LogP contribution in [0.25, 0.3) is 0 Å². The summed E-state index contributed by atoms with van der Waals surface area (Å²) in [5.41, 5.74) is 1.55. The van der Waals surface area contributed by atoms with Gasteiger partial charge < -0.3 is 4.90 Å². The molecular weight excluding hydrogens is 337 g/mol. The number of benzene rings is 2. The van der Waals surface area contributed by atoms with E-state index < -0.39 is 5.82 Å². The number of rotatable bonds is 1. The lowest BCUT2D eigenvalue weighted by molar-refractivity contribution is 0.0955. The van der Waals surface area contributed by atoms with Gasteiger partial charge in [-0.05, 0) is 46.3 Å². The van der Waals surface area contributed by atoms with Crippen LogP contribution in [-0.2, 0) is 0 Å². The maximum Gasteiger partial charge on any atom is 0.258 e. The molecule has 106 valence electrons. The Labute approximate surface area is 129 Å². The standard InChI is InChI=1S/C16H11BrFNO2/c17-12-9-10(5-6-13(12)18)16(21)19-8-7-15(20)11-3-1-2-4-14(11)19/h1-6,9H,7-8H2. The first-order valence-corrected chi connectivity index (χ1v) is 7.26. The Hall–Kier alpha value is -2.01. The second-order valence-electron chi connectivity index (χ2n) is 4.78. The molecule has 0 spiro atoms. The van der Waals surface area contributed by atoms with E-state index in [2.05, 4.69) is 15.9 Å². The first-order valence-electron chi connectivity index (χ1n) is 6.47. The molecule has 1 aliphatic heterocycles. The van der Waals surface area contributed by atoms with E-state index in [-0.39, 0.29) is 16.2 Å². The van der Waals surface area contributed by atoms with Crippen molar-refractivity contribution >= 4 is 33.3 Å². The average molecular weight is 348 g/mol. The van der Waals surface area contributed by atoms with Gasteiger partial charge in [-0.2, -0.15) is 0 Å². The second-order valence-corrected chi connectivity index (χ2v) is 5.63. The van der Waals surface area contributed by atoms with E-state index in [1.165, 1.54) is 18.2 Å². The van der Waals surface area contributed by atoms with E-state index >= 15 is 0 Å². The van der Waals surface area contributed by atoms with E-state index in [0.717, 1.165) is 0 Å². The minimum Gasteiger partial charge on any atom is -0.307 e. The monoisotopic (exact) mass is 347 g/mol. The molecule has 0 saturated carbocycles. The zero-order valence-corrected chi connectivity index (χ0v) is 12.6. The summed E-state index contributed by atoms with van der Waals surface area (Å²) in [7, 11) is 0. The van der Waals surface area contributed by atoms with E-state index in [1.54, 1.807) is 29.2 Å². The molecule has 1 amide bonds. The van der Waals surface area contributed by atoms with Crippen LogP contribution >= 0.6 is 15.9 Å². The van der Waals surface area contributed by atoms with Gasteiger partial charge in [-0.15, -0.1) is 0 Å². The van der Waals surface area contributed by atoms with Gasteiger partial charge in [0.05, 0.1) is 10.2 Å². The van der Waals surface area contributed by atoms with Crippen LogP contribution < -0.4 is 4.90 Å². The summed E-state index contributed by atoms with van der Waals surface area (Å²) in [5, 5.41) is 0. The van der Waals surface area contributed by atoms with E-state index in [0.29, 0.717) is 29.8 Å². The zero-order chi connectivity index (χ0) is 15.0. The van der Waals surface area contributed by atoms with Gasteiger partial charge >= 0.3 is 0 Å². The van der Waals surface area contributed by atoms with Crippen molar-refractivity contribution in [1.29, 1.82) is 0 Å². The van der Waals surface area contributed by atoms with Crippen LogP contribution in [-0.4, -0.2) is 18.2 Å². The molecule has 2 aromatic rings. The number of para-hydroxylation sites is 1. The molecule has 0 aliphatic carbocycles. The van der Waals surface area contributed by atoms with Crippen LogP contribution in [0, 0.1) is 5.82 Å². The summed E-state index contributed by atoms with van der Waals surface area (Å²) in [4.78, 5) is 26.1. The first kappa shape index (κ1) is 13.9. The molecule has 3 nitrogen and oxygen atoms in total. The molecule has 0 aromatic heterocycles. The van der Waals surface area contributed by atoms with Crippen molar-refractivity contribution in [1.82, 2.24) is 0 Å². The molecule has 0 radical (unpaired) electrons. The van der Waals surface area contributed by atoms with Crippen molar-refractivity contribution in [2.24, 2.45) is 0 Å². The Balaban J connectivity index is 2.01. The first-order chi connectivity index (χ1) is 10.1. The average Bonchev–Trinajstić information content (AvgIpc) is 2.50. The van der Waals surface area contributed by atoms with Gasteiger partial charge in [0.15, 0.2) is 5.78 Å². The van der Waals surface area contributed by atoms with Gasteiger partial charge in [-0.1, -0.05) is 12.1 Å². The number of anilines is 1. The molecule has 0 saturated heterocycles.